The fraction of sp³-hybridized carbons (Fsp3) is 0.667. The average molecular weight is 142 g/mol. The molecule has 0 atom stereocenters. The molecule has 10 heavy (non-hydrogen) atoms. The predicted octanol–water partition coefficient (Wildman–Crippen LogP) is 0.162. The maximum absolute atomic E-state index is 5.28. The third kappa shape index (κ3) is 5.08. The SMILES string of the molecule is CN=C(N)N/N=C/C(C)C. The lowest BCUT2D eigenvalue weighted by atomic mass is 10.3. The summed E-state index contributed by atoms with van der Waals surface area (Å²) in [6, 6.07) is 0. The van der Waals surface area contributed by atoms with Gasteiger partial charge in [0, 0.05) is 13.3 Å². The number of guanidine groups is 1. The Morgan fingerprint density at radius 2 is 2.20 bits per heavy atom. The number of nitrogens with one attached hydrogen (secondary N) is 1. The van der Waals surface area contributed by atoms with Gasteiger partial charge < -0.3 is 5.73 Å². The summed E-state index contributed by atoms with van der Waals surface area (Å²) in [4.78, 5) is 3.65. The van der Waals surface area contributed by atoms with Crippen molar-refractivity contribution in [2.45, 2.75) is 13.8 Å². The van der Waals surface area contributed by atoms with Crippen molar-refractivity contribution in [3.63, 3.8) is 0 Å². The van der Waals surface area contributed by atoms with Gasteiger partial charge in [-0.3, -0.25) is 4.99 Å². The molecule has 0 aromatic heterocycles. The first-order valence-electron chi connectivity index (χ1n) is 3.18. The average Bonchev–Trinajstić information content (AvgIpc) is 1.87. The number of hydrazone groups is 1. The van der Waals surface area contributed by atoms with Gasteiger partial charge in [-0.05, 0) is 5.92 Å². The predicted molar refractivity (Wildman–Crippen MR) is 44.0 cm³/mol. The zero-order valence-corrected chi connectivity index (χ0v) is 6.63. The molecule has 0 amide bonds. The molecule has 0 aliphatic carbocycles. The Balaban J connectivity index is 3.54. The molecule has 0 saturated heterocycles. The van der Waals surface area contributed by atoms with Crippen LogP contribution in [0.15, 0.2) is 10.1 Å². The number of nitrogens with two attached hydrogens (primary N) is 1. The minimum atomic E-state index is 0.330. The lowest BCUT2D eigenvalue weighted by Crippen LogP contribution is -2.27. The standard InChI is InChI=1S/C6H14N4/c1-5(2)4-9-10-6(7)8-3/h4-5H,1-3H3,(H3,7,8,10)/b9-4+. The van der Waals surface area contributed by atoms with Gasteiger partial charge in [-0.2, -0.15) is 5.10 Å². The monoisotopic (exact) mass is 142 g/mol. The fourth-order valence-electron chi connectivity index (χ4n) is 0.302. The van der Waals surface area contributed by atoms with Crippen LogP contribution in [-0.2, 0) is 0 Å². The summed E-state index contributed by atoms with van der Waals surface area (Å²) in [5.41, 5.74) is 7.85. The van der Waals surface area contributed by atoms with Crippen LogP contribution in [0.1, 0.15) is 13.8 Å². The van der Waals surface area contributed by atoms with Crippen molar-refractivity contribution < 1.29 is 0 Å². The summed E-state index contributed by atoms with van der Waals surface area (Å²) in [5, 5.41) is 3.81. The van der Waals surface area contributed by atoms with Gasteiger partial charge >= 0.3 is 0 Å². The molecule has 0 aromatic carbocycles. The van der Waals surface area contributed by atoms with E-state index >= 15 is 0 Å². The lowest BCUT2D eigenvalue weighted by molar-refractivity contribution is 0.881. The van der Waals surface area contributed by atoms with Gasteiger partial charge in [-0.25, -0.2) is 5.43 Å². The summed E-state index contributed by atoms with van der Waals surface area (Å²) < 4.78 is 0. The zero-order chi connectivity index (χ0) is 7.98. The summed E-state index contributed by atoms with van der Waals surface area (Å²) >= 11 is 0. The molecule has 0 saturated carbocycles. The van der Waals surface area contributed by atoms with E-state index in [0.29, 0.717) is 11.9 Å². The molecule has 4 heteroatoms. The van der Waals surface area contributed by atoms with Gasteiger partial charge in [0.25, 0.3) is 0 Å². The Kier molecular flexibility index (Phi) is 4.28. The highest BCUT2D eigenvalue weighted by Crippen LogP contribution is 1.82. The van der Waals surface area contributed by atoms with Crippen LogP contribution >= 0.6 is 0 Å². The highest BCUT2D eigenvalue weighted by Gasteiger charge is 1.84. The van der Waals surface area contributed by atoms with E-state index in [1.54, 1.807) is 13.3 Å². The first-order valence-corrected chi connectivity index (χ1v) is 3.18. The first-order chi connectivity index (χ1) is 4.66. The quantitative estimate of drug-likeness (QED) is 0.328. The number of hydrogen-bond acceptors (Lipinski definition) is 2. The van der Waals surface area contributed by atoms with Gasteiger partial charge in [0.2, 0.25) is 5.96 Å². The minimum absolute atomic E-state index is 0.330. The minimum Gasteiger partial charge on any atom is -0.369 e. The topological polar surface area (TPSA) is 62.8 Å². The highest BCUT2D eigenvalue weighted by molar-refractivity contribution is 5.78. The van der Waals surface area contributed by atoms with Crippen molar-refractivity contribution in [3.8, 4) is 0 Å². The third-order valence-corrected chi connectivity index (χ3v) is 0.793. The van der Waals surface area contributed by atoms with Crippen LogP contribution in [-0.4, -0.2) is 19.2 Å². The Hall–Kier alpha value is -1.06. The van der Waals surface area contributed by atoms with Gasteiger partial charge in [0.1, 0.15) is 0 Å². The fourth-order valence-corrected chi connectivity index (χ4v) is 0.302. The summed E-state index contributed by atoms with van der Waals surface area (Å²) in [5.74, 6) is 0.758. The van der Waals surface area contributed by atoms with E-state index < -0.39 is 0 Å². The van der Waals surface area contributed by atoms with E-state index in [2.05, 4.69) is 15.5 Å². The Morgan fingerprint density at radius 3 is 2.60 bits per heavy atom. The van der Waals surface area contributed by atoms with Gasteiger partial charge in [-0.1, -0.05) is 13.8 Å². The van der Waals surface area contributed by atoms with Gasteiger partial charge in [0.15, 0.2) is 0 Å². The molecule has 0 spiro atoms. The largest absolute Gasteiger partial charge is 0.369 e. The highest BCUT2D eigenvalue weighted by atomic mass is 15.3. The molecular formula is C6H14N4. The van der Waals surface area contributed by atoms with Gasteiger partial charge in [0.05, 0.1) is 0 Å². The van der Waals surface area contributed by atoms with E-state index in [4.69, 9.17) is 5.73 Å². The Morgan fingerprint density at radius 1 is 1.60 bits per heavy atom. The molecule has 0 radical (unpaired) electrons. The number of rotatable bonds is 2. The second-order valence-electron chi connectivity index (χ2n) is 2.24. The first kappa shape index (κ1) is 8.94. The third-order valence-electron chi connectivity index (χ3n) is 0.793. The van der Waals surface area contributed by atoms with Crippen LogP contribution in [0.4, 0.5) is 0 Å². The van der Waals surface area contributed by atoms with Crippen molar-refractivity contribution in [1.82, 2.24) is 5.43 Å². The molecule has 0 aliphatic rings. The van der Waals surface area contributed by atoms with E-state index in [0.717, 1.165) is 0 Å². The van der Waals surface area contributed by atoms with Crippen molar-refractivity contribution in [1.29, 1.82) is 0 Å². The van der Waals surface area contributed by atoms with E-state index in [1.807, 2.05) is 13.8 Å². The van der Waals surface area contributed by atoms with Crippen molar-refractivity contribution in [2.75, 3.05) is 7.05 Å². The summed E-state index contributed by atoms with van der Waals surface area (Å²) in [7, 11) is 1.60. The molecular weight excluding hydrogens is 128 g/mol. The van der Waals surface area contributed by atoms with Crippen LogP contribution in [0.3, 0.4) is 0 Å². The van der Waals surface area contributed by atoms with Crippen molar-refractivity contribution in [3.05, 3.63) is 0 Å². The second kappa shape index (κ2) is 4.78. The molecule has 0 rings (SSSR count). The van der Waals surface area contributed by atoms with Crippen molar-refractivity contribution in [2.24, 2.45) is 21.7 Å². The van der Waals surface area contributed by atoms with Gasteiger partial charge in [-0.15, -0.1) is 0 Å². The molecule has 58 valence electrons. The maximum atomic E-state index is 5.28. The number of hydrogen-bond donors (Lipinski definition) is 2. The van der Waals surface area contributed by atoms with Crippen LogP contribution < -0.4 is 11.2 Å². The number of nitrogens with zero attached hydrogens (tertiary/aromatic N) is 2. The Labute approximate surface area is 61.2 Å². The zero-order valence-electron chi connectivity index (χ0n) is 6.63. The normalized spacial score (nSPS) is 13.0. The van der Waals surface area contributed by atoms with Crippen LogP contribution in [0.25, 0.3) is 0 Å². The molecule has 3 N–H and O–H groups in total. The molecule has 0 fully saturated rings. The van der Waals surface area contributed by atoms with Crippen LogP contribution in [0.2, 0.25) is 0 Å². The summed E-state index contributed by atoms with van der Waals surface area (Å²) in [6.45, 7) is 4.06. The molecule has 0 aromatic rings. The second-order valence-corrected chi connectivity index (χ2v) is 2.24. The van der Waals surface area contributed by atoms with Crippen molar-refractivity contribution >= 4 is 12.2 Å². The molecule has 0 unspecified atom stereocenters. The molecule has 0 aliphatic heterocycles. The molecule has 0 heterocycles. The molecule has 4 nitrogen and oxygen atoms in total. The van der Waals surface area contributed by atoms with E-state index in [-0.39, 0.29) is 0 Å². The molecule has 0 bridgehead atoms. The van der Waals surface area contributed by atoms with E-state index in [1.165, 1.54) is 0 Å². The summed E-state index contributed by atoms with van der Waals surface area (Å²) in [6.07, 6.45) is 1.76. The van der Waals surface area contributed by atoms with E-state index in [9.17, 15) is 0 Å². The maximum Gasteiger partial charge on any atom is 0.209 e. The Bertz CT molecular complexity index is 137. The number of aliphatic imine (C=N–C) groups is 1. The smallest absolute Gasteiger partial charge is 0.209 e. The lowest BCUT2D eigenvalue weighted by Gasteiger charge is -1.96. The van der Waals surface area contributed by atoms with Crippen LogP contribution in [0.5, 0.6) is 0 Å². The van der Waals surface area contributed by atoms with Crippen LogP contribution in [0, 0.1) is 5.92 Å².